The molecule has 70 valence electrons. The van der Waals surface area contributed by atoms with Crippen molar-refractivity contribution in [3.63, 3.8) is 0 Å². The van der Waals surface area contributed by atoms with Crippen molar-refractivity contribution in [3.8, 4) is 0 Å². The van der Waals surface area contributed by atoms with E-state index in [1.165, 1.54) is 12.1 Å². The normalized spacial score (nSPS) is 10.0. The van der Waals surface area contributed by atoms with Crippen LogP contribution in [0.2, 0.25) is 0 Å². The van der Waals surface area contributed by atoms with Crippen molar-refractivity contribution >= 4 is 5.91 Å². The van der Waals surface area contributed by atoms with Crippen LogP contribution in [0.1, 0.15) is 11.4 Å². The molecule has 0 bridgehead atoms. The van der Waals surface area contributed by atoms with Gasteiger partial charge in [-0.3, -0.25) is 9.59 Å². The summed E-state index contributed by atoms with van der Waals surface area (Å²) < 4.78 is 1.71. The number of hydrogen-bond acceptors (Lipinski definition) is 2. The number of pyridine rings is 1. The Morgan fingerprint density at radius 1 is 1.38 bits per heavy atom. The Kier molecular flexibility index (Phi) is 2.51. The van der Waals surface area contributed by atoms with Gasteiger partial charge < -0.3 is 10.3 Å². The smallest absolute Gasteiger partial charge is 0.237 e. The number of carbonyl (C=O) groups excluding carboxylic acids is 1. The van der Waals surface area contributed by atoms with Gasteiger partial charge in [0.25, 0.3) is 0 Å². The van der Waals surface area contributed by atoms with E-state index >= 15 is 0 Å². The van der Waals surface area contributed by atoms with Crippen molar-refractivity contribution in [2.45, 2.75) is 20.4 Å². The second-order valence-electron chi connectivity index (χ2n) is 3.03. The Morgan fingerprint density at radius 2 is 1.85 bits per heavy atom. The molecule has 1 aromatic rings. The SMILES string of the molecule is Cc1cc(=O)cc(C)n1CC(N)=O. The van der Waals surface area contributed by atoms with Gasteiger partial charge in [-0.2, -0.15) is 0 Å². The number of nitrogens with zero attached hydrogens (tertiary/aromatic N) is 1. The van der Waals surface area contributed by atoms with E-state index in [4.69, 9.17) is 5.73 Å². The maximum atomic E-state index is 11.0. The van der Waals surface area contributed by atoms with Gasteiger partial charge in [-0.25, -0.2) is 0 Å². The van der Waals surface area contributed by atoms with Gasteiger partial charge in [0, 0.05) is 23.5 Å². The predicted molar refractivity (Wildman–Crippen MR) is 49.4 cm³/mol. The van der Waals surface area contributed by atoms with E-state index in [1.807, 2.05) is 0 Å². The van der Waals surface area contributed by atoms with Crippen LogP contribution < -0.4 is 11.2 Å². The van der Waals surface area contributed by atoms with Crippen molar-refractivity contribution in [2.24, 2.45) is 5.73 Å². The molecule has 0 fully saturated rings. The van der Waals surface area contributed by atoms with Crippen LogP contribution in [-0.2, 0) is 11.3 Å². The second-order valence-corrected chi connectivity index (χ2v) is 3.03. The van der Waals surface area contributed by atoms with E-state index in [0.29, 0.717) is 0 Å². The molecule has 1 amide bonds. The van der Waals surface area contributed by atoms with E-state index < -0.39 is 5.91 Å². The van der Waals surface area contributed by atoms with Crippen molar-refractivity contribution < 1.29 is 4.79 Å². The van der Waals surface area contributed by atoms with Gasteiger partial charge in [0.1, 0.15) is 6.54 Å². The largest absolute Gasteiger partial charge is 0.368 e. The summed E-state index contributed by atoms with van der Waals surface area (Å²) in [5.74, 6) is -0.408. The zero-order valence-electron chi connectivity index (χ0n) is 7.70. The third kappa shape index (κ3) is 2.18. The minimum absolute atomic E-state index is 0.0456. The number of hydrogen-bond donors (Lipinski definition) is 1. The highest BCUT2D eigenvalue weighted by atomic mass is 16.1. The molecule has 0 aliphatic heterocycles. The molecule has 0 saturated heterocycles. The van der Waals surface area contributed by atoms with Crippen LogP contribution in [0.4, 0.5) is 0 Å². The van der Waals surface area contributed by atoms with Gasteiger partial charge in [-0.1, -0.05) is 0 Å². The topological polar surface area (TPSA) is 65.1 Å². The maximum Gasteiger partial charge on any atom is 0.237 e. The fraction of sp³-hybridized carbons (Fsp3) is 0.333. The highest BCUT2D eigenvalue weighted by Gasteiger charge is 2.03. The van der Waals surface area contributed by atoms with Crippen LogP contribution in [-0.4, -0.2) is 10.5 Å². The minimum atomic E-state index is -0.408. The highest BCUT2D eigenvalue weighted by Crippen LogP contribution is 2.00. The molecule has 0 spiro atoms. The average Bonchev–Trinajstić information content (AvgIpc) is 1.96. The molecular formula is C9H12N2O2. The average molecular weight is 180 g/mol. The molecule has 4 nitrogen and oxygen atoms in total. The summed E-state index contributed by atoms with van der Waals surface area (Å²) in [6, 6.07) is 2.96. The minimum Gasteiger partial charge on any atom is -0.368 e. The summed E-state index contributed by atoms with van der Waals surface area (Å²) in [7, 11) is 0. The Balaban J connectivity index is 3.20. The molecule has 0 aliphatic carbocycles. The molecule has 0 aliphatic rings. The Bertz CT molecular complexity index is 367. The third-order valence-electron chi connectivity index (χ3n) is 1.87. The van der Waals surface area contributed by atoms with Crippen LogP contribution in [0.3, 0.4) is 0 Å². The van der Waals surface area contributed by atoms with Gasteiger partial charge in [0.2, 0.25) is 5.91 Å². The number of nitrogens with two attached hydrogens (primary N) is 1. The molecule has 0 saturated carbocycles. The number of amides is 1. The van der Waals surface area contributed by atoms with E-state index in [2.05, 4.69) is 0 Å². The summed E-state index contributed by atoms with van der Waals surface area (Å²) >= 11 is 0. The Labute approximate surface area is 76.0 Å². The van der Waals surface area contributed by atoms with Gasteiger partial charge in [0.05, 0.1) is 0 Å². The number of aryl methyl sites for hydroxylation is 2. The zero-order valence-corrected chi connectivity index (χ0v) is 7.70. The maximum absolute atomic E-state index is 11.0. The lowest BCUT2D eigenvalue weighted by Gasteiger charge is -2.11. The molecule has 1 rings (SSSR count). The van der Waals surface area contributed by atoms with Gasteiger partial charge in [-0.05, 0) is 13.8 Å². The summed E-state index contributed by atoms with van der Waals surface area (Å²) in [5.41, 5.74) is 6.52. The molecular weight excluding hydrogens is 168 g/mol. The van der Waals surface area contributed by atoms with Crippen molar-refractivity contribution in [2.75, 3.05) is 0 Å². The standard InChI is InChI=1S/C9H12N2O2/c1-6-3-8(12)4-7(2)11(6)5-9(10)13/h3-4H,5H2,1-2H3,(H2,10,13). The third-order valence-corrected chi connectivity index (χ3v) is 1.87. The van der Waals surface area contributed by atoms with E-state index in [1.54, 1.807) is 18.4 Å². The fourth-order valence-corrected chi connectivity index (χ4v) is 1.29. The van der Waals surface area contributed by atoms with Gasteiger partial charge in [0.15, 0.2) is 5.43 Å². The first-order valence-electron chi connectivity index (χ1n) is 3.97. The van der Waals surface area contributed by atoms with Crippen LogP contribution in [0.5, 0.6) is 0 Å². The summed E-state index contributed by atoms with van der Waals surface area (Å²) in [4.78, 5) is 21.7. The summed E-state index contributed by atoms with van der Waals surface area (Å²) in [5, 5.41) is 0. The van der Waals surface area contributed by atoms with Gasteiger partial charge in [-0.15, -0.1) is 0 Å². The molecule has 2 N–H and O–H groups in total. The lowest BCUT2D eigenvalue weighted by Crippen LogP contribution is -2.23. The fourth-order valence-electron chi connectivity index (χ4n) is 1.29. The Hall–Kier alpha value is -1.58. The first-order valence-corrected chi connectivity index (χ1v) is 3.97. The van der Waals surface area contributed by atoms with Crippen LogP contribution in [0.15, 0.2) is 16.9 Å². The molecule has 0 aromatic carbocycles. The van der Waals surface area contributed by atoms with Crippen LogP contribution in [0.25, 0.3) is 0 Å². The van der Waals surface area contributed by atoms with Gasteiger partial charge >= 0.3 is 0 Å². The van der Waals surface area contributed by atoms with Crippen molar-refractivity contribution in [1.82, 2.24) is 4.57 Å². The van der Waals surface area contributed by atoms with Crippen molar-refractivity contribution in [3.05, 3.63) is 33.7 Å². The van der Waals surface area contributed by atoms with E-state index in [9.17, 15) is 9.59 Å². The number of carbonyl (C=O) groups is 1. The molecule has 13 heavy (non-hydrogen) atoms. The lowest BCUT2D eigenvalue weighted by molar-refractivity contribution is -0.118. The zero-order chi connectivity index (χ0) is 10.0. The first kappa shape index (κ1) is 9.51. The lowest BCUT2D eigenvalue weighted by atomic mass is 10.3. The predicted octanol–water partition coefficient (Wildman–Crippen LogP) is -0.0496. The van der Waals surface area contributed by atoms with E-state index in [-0.39, 0.29) is 12.0 Å². The highest BCUT2D eigenvalue weighted by molar-refractivity contribution is 5.73. The summed E-state index contributed by atoms with van der Waals surface area (Å²) in [6.45, 7) is 3.67. The summed E-state index contributed by atoms with van der Waals surface area (Å²) in [6.07, 6.45) is 0. The van der Waals surface area contributed by atoms with Crippen LogP contribution >= 0.6 is 0 Å². The number of rotatable bonds is 2. The molecule has 0 atom stereocenters. The van der Waals surface area contributed by atoms with Crippen LogP contribution in [0, 0.1) is 13.8 Å². The molecule has 0 radical (unpaired) electrons. The Morgan fingerprint density at radius 3 is 2.23 bits per heavy atom. The first-order chi connectivity index (χ1) is 6.00. The molecule has 1 heterocycles. The molecule has 0 unspecified atom stereocenters. The second kappa shape index (κ2) is 3.43. The van der Waals surface area contributed by atoms with Crippen molar-refractivity contribution in [1.29, 1.82) is 0 Å². The molecule has 1 aromatic heterocycles. The number of aromatic nitrogens is 1. The molecule has 4 heteroatoms. The van der Waals surface area contributed by atoms with E-state index in [0.717, 1.165) is 11.4 Å². The quantitative estimate of drug-likeness (QED) is 0.693. The monoisotopic (exact) mass is 180 g/mol. The number of primary amides is 1.